The molecule has 0 aliphatic heterocycles. The fourth-order valence-corrected chi connectivity index (χ4v) is 14.1. The molecule has 0 saturated carbocycles. The number of aromatic nitrogens is 4. The van der Waals surface area contributed by atoms with Crippen molar-refractivity contribution in [2.45, 2.75) is 38.5 Å². The molecule has 0 amide bonds. The maximum Gasteiger partial charge on any atom is 0.235 e. The predicted octanol–water partition coefficient (Wildman–Crippen LogP) is 19.3. The van der Waals surface area contributed by atoms with Crippen LogP contribution in [0.15, 0.2) is 235 Å². The maximum absolute atomic E-state index is 6.76. The van der Waals surface area contributed by atoms with E-state index in [0.29, 0.717) is 5.95 Å². The van der Waals surface area contributed by atoms with Gasteiger partial charge in [-0.15, -0.1) is 0 Å². The molecule has 5 heteroatoms. The Morgan fingerprint density at radius 1 is 0.329 bits per heavy atom. The van der Waals surface area contributed by atoms with Crippen molar-refractivity contribution in [3.8, 4) is 67.4 Å². The molecule has 17 rings (SSSR count). The minimum atomic E-state index is -0.194. The van der Waals surface area contributed by atoms with Gasteiger partial charge in [0.2, 0.25) is 5.95 Å². The second-order valence-corrected chi connectivity index (χ2v) is 22.9. The molecule has 4 heterocycles. The molecule has 0 unspecified atom stereocenters. The molecule has 0 atom stereocenters. The number of hydrogen-bond acceptors (Lipinski definition) is 3. The van der Waals surface area contributed by atoms with Gasteiger partial charge in [0.15, 0.2) is 0 Å². The molecule has 79 heavy (non-hydrogen) atoms. The first-order chi connectivity index (χ1) is 38.7. The molecule has 0 bridgehead atoms. The van der Waals surface area contributed by atoms with Gasteiger partial charge in [0.25, 0.3) is 0 Å². The highest BCUT2D eigenvalue weighted by Crippen LogP contribution is 2.53. The van der Waals surface area contributed by atoms with E-state index in [1.54, 1.807) is 0 Å². The summed E-state index contributed by atoms with van der Waals surface area (Å²) in [5.41, 5.74) is 25.2. The molecule has 11 aromatic carbocycles. The zero-order valence-corrected chi connectivity index (χ0v) is 44.1. The van der Waals surface area contributed by atoms with Gasteiger partial charge in [0.1, 0.15) is 11.2 Å². The van der Waals surface area contributed by atoms with E-state index in [4.69, 9.17) is 14.4 Å². The van der Waals surface area contributed by atoms with Gasteiger partial charge in [0.05, 0.1) is 33.3 Å². The summed E-state index contributed by atoms with van der Waals surface area (Å²) >= 11 is 0. The van der Waals surface area contributed by atoms with Crippen LogP contribution in [-0.4, -0.2) is 19.1 Å². The van der Waals surface area contributed by atoms with Crippen molar-refractivity contribution in [3.05, 3.63) is 253 Å². The van der Waals surface area contributed by atoms with Crippen LogP contribution in [0.4, 0.5) is 0 Å². The maximum atomic E-state index is 6.76. The lowest BCUT2D eigenvalue weighted by Crippen LogP contribution is -2.15. The highest BCUT2D eigenvalue weighted by Gasteiger charge is 2.38. The van der Waals surface area contributed by atoms with Gasteiger partial charge < -0.3 is 8.98 Å². The van der Waals surface area contributed by atoms with Crippen LogP contribution in [0.2, 0.25) is 0 Å². The van der Waals surface area contributed by atoms with Crippen LogP contribution >= 0.6 is 0 Å². The summed E-state index contributed by atoms with van der Waals surface area (Å²) in [5.74, 6) is 0.648. The molecule has 0 saturated heterocycles. The van der Waals surface area contributed by atoms with E-state index < -0.39 is 0 Å². The van der Waals surface area contributed by atoms with Crippen LogP contribution in [0, 0.1) is 0 Å². The number of fused-ring (bicyclic) bond motifs is 16. The van der Waals surface area contributed by atoms with Crippen LogP contribution in [0.3, 0.4) is 0 Å². The molecule has 0 N–H and O–H groups in total. The molecule has 0 spiro atoms. The quantitative estimate of drug-likeness (QED) is 0.173. The van der Waals surface area contributed by atoms with E-state index >= 15 is 0 Å². The lowest BCUT2D eigenvalue weighted by atomic mass is 9.82. The normalized spacial score (nSPS) is 14.0. The van der Waals surface area contributed by atoms with E-state index in [0.717, 1.165) is 93.8 Å². The Morgan fingerprint density at radius 3 is 1.56 bits per heavy atom. The Labute approximate surface area is 456 Å². The summed E-state index contributed by atoms with van der Waals surface area (Å²) < 4.78 is 11.5. The summed E-state index contributed by atoms with van der Waals surface area (Å²) in [6.45, 7) is 9.43. The Hall–Kier alpha value is -9.84. The first kappa shape index (κ1) is 44.3. The van der Waals surface area contributed by atoms with Crippen molar-refractivity contribution >= 4 is 76.5 Å². The highest BCUT2D eigenvalue weighted by molar-refractivity contribution is 6.18. The second-order valence-electron chi connectivity index (χ2n) is 22.9. The summed E-state index contributed by atoms with van der Waals surface area (Å²) in [6.07, 6.45) is 0. The Kier molecular flexibility index (Phi) is 8.90. The zero-order valence-electron chi connectivity index (χ0n) is 44.1. The Bertz CT molecular complexity index is 5130. The fourth-order valence-electron chi connectivity index (χ4n) is 14.1. The summed E-state index contributed by atoms with van der Waals surface area (Å²) in [7, 11) is 0. The lowest BCUT2D eigenvalue weighted by Gasteiger charge is -2.21. The van der Waals surface area contributed by atoms with Crippen molar-refractivity contribution in [2.24, 2.45) is 0 Å². The van der Waals surface area contributed by atoms with E-state index in [9.17, 15) is 0 Å². The lowest BCUT2D eigenvalue weighted by molar-refractivity contribution is 0.661. The van der Waals surface area contributed by atoms with Gasteiger partial charge in [-0.2, -0.15) is 0 Å². The largest absolute Gasteiger partial charge is 0.456 e. The number of nitrogens with zero attached hydrogens (tertiary/aromatic N) is 4. The molecule has 0 radical (unpaired) electrons. The average molecular weight is 1010 g/mol. The molecule has 4 aromatic heterocycles. The summed E-state index contributed by atoms with van der Waals surface area (Å²) in [5, 5.41) is 8.00. The van der Waals surface area contributed by atoms with Crippen LogP contribution < -0.4 is 0 Å². The average Bonchev–Trinajstić information content (AvgIpc) is 4.21. The van der Waals surface area contributed by atoms with Crippen molar-refractivity contribution in [1.29, 1.82) is 0 Å². The minimum Gasteiger partial charge on any atom is -0.456 e. The zero-order chi connectivity index (χ0) is 52.5. The Morgan fingerprint density at radius 2 is 0.861 bits per heavy atom. The van der Waals surface area contributed by atoms with Gasteiger partial charge in [-0.1, -0.05) is 173 Å². The van der Waals surface area contributed by atoms with Gasteiger partial charge >= 0.3 is 0 Å². The van der Waals surface area contributed by atoms with E-state index in [1.807, 2.05) is 0 Å². The number of para-hydroxylation sites is 2. The SMILES string of the molecule is CC1(C)c2ccccc2-c2cc3c4cc(-c5ccc6oc7cccc(-c8ccc9c(c8)c8cc%10c(cc8n9-c8nc(-c9ccccc9)c9ccccc9n8)C(C)(C)c8ccccc8-%10)c7c6c5)ccc4n(-c4ccccc4)c3cc21. The first-order valence-corrected chi connectivity index (χ1v) is 27.5. The monoisotopic (exact) mass is 1010 g/mol. The predicted molar refractivity (Wildman–Crippen MR) is 327 cm³/mol. The first-order valence-electron chi connectivity index (χ1n) is 27.5. The fraction of sp³-hybridized carbons (Fsp3) is 0.0811. The summed E-state index contributed by atoms with van der Waals surface area (Å²) in [6, 6.07) is 84.4. The molecule has 372 valence electrons. The van der Waals surface area contributed by atoms with Crippen LogP contribution in [0.5, 0.6) is 0 Å². The molecular weight excluding hydrogens is 961 g/mol. The van der Waals surface area contributed by atoms with Crippen molar-refractivity contribution in [2.75, 3.05) is 0 Å². The third-order valence-corrected chi connectivity index (χ3v) is 17.9. The van der Waals surface area contributed by atoms with E-state index in [-0.39, 0.29) is 10.8 Å². The minimum absolute atomic E-state index is 0.111. The Balaban J connectivity index is 0.862. The third-order valence-electron chi connectivity index (χ3n) is 17.9. The molecule has 2 aliphatic rings. The molecule has 15 aromatic rings. The highest BCUT2D eigenvalue weighted by atomic mass is 16.3. The standard InChI is InChI=1S/C74H50N4O/c1-73(2)59-26-14-11-22-49(59)52-39-56-54-36-44(30-33-64(54)77(66(56)41-61(52)73)47-20-9-6-10-21-47)45-32-35-68-58(37-45)70-48(25-17-29-69(70)79-68)46-31-34-65-55(38-46)57-40-53-50-23-12-15-27-60(50)74(3,4)62(53)42-67(57)78(65)72-75-63-28-16-13-24-51(63)71(76-72)43-18-7-5-8-19-43/h5-42H,1-4H3. The van der Waals surface area contributed by atoms with Crippen molar-refractivity contribution in [1.82, 2.24) is 19.1 Å². The number of hydrogen-bond donors (Lipinski definition) is 0. The van der Waals surface area contributed by atoms with Crippen LogP contribution in [-0.2, 0) is 10.8 Å². The molecule has 5 nitrogen and oxygen atoms in total. The number of benzene rings is 11. The van der Waals surface area contributed by atoms with E-state index in [2.05, 4.69) is 267 Å². The molecular formula is C74H50N4O. The number of rotatable bonds is 5. The summed E-state index contributed by atoms with van der Waals surface area (Å²) in [4.78, 5) is 10.8. The van der Waals surface area contributed by atoms with Crippen LogP contribution in [0.25, 0.3) is 144 Å². The second kappa shape index (κ2) is 15.9. The van der Waals surface area contributed by atoms with Gasteiger partial charge in [-0.05, 0) is 152 Å². The van der Waals surface area contributed by atoms with E-state index in [1.165, 1.54) is 66.3 Å². The third kappa shape index (κ3) is 6.16. The molecule has 0 fully saturated rings. The van der Waals surface area contributed by atoms with Crippen LogP contribution in [0.1, 0.15) is 49.9 Å². The van der Waals surface area contributed by atoms with Crippen molar-refractivity contribution in [3.63, 3.8) is 0 Å². The smallest absolute Gasteiger partial charge is 0.235 e. The van der Waals surface area contributed by atoms with Crippen molar-refractivity contribution < 1.29 is 4.42 Å². The molecule has 2 aliphatic carbocycles. The van der Waals surface area contributed by atoms with Gasteiger partial charge in [-0.3, -0.25) is 4.57 Å². The van der Waals surface area contributed by atoms with Gasteiger partial charge in [-0.25, -0.2) is 9.97 Å². The number of furan rings is 1. The topological polar surface area (TPSA) is 48.8 Å². The van der Waals surface area contributed by atoms with Gasteiger partial charge in [0, 0.05) is 59.8 Å².